The average molecular weight is 471 g/mol. The minimum absolute atomic E-state index is 0.602. The molecule has 0 spiro atoms. The first kappa shape index (κ1) is 22.0. The van der Waals surface area contributed by atoms with E-state index in [4.69, 9.17) is 9.17 Å². The van der Waals surface area contributed by atoms with Crippen molar-refractivity contribution in [3.8, 4) is 17.1 Å². The predicted octanol–water partition coefficient (Wildman–Crippen LogP) is 5.92. The molecule has 0 saturated carbocycles. The molecule has 0 saturated heterocycles. The van der Waals surface area contributed by atoms with Crippen molar-refractivity contribution in [2.24, 2.45) is 0 Å². The molecule has 0 bridgehead atoms. The van der Waals surface area contributed by atoms with Crippen LogP contribution < -0.4 is 8.91 Å². The SMILES string of the molecule is Cc1ccc(C)c(OS(=O)Nc2cccc(-c3nc4c(C)c(Cc5ccccc5)cn4[nH]3)c2)c1. The van der Waals surface area contributed by atoms with E-state index in [1.807, 2.05) is 66.9 Å². The summed E-state index contributed by atoms with van der Waals surface area (Å²) in [6.07, 6.45) is 2.97. The summed E-state index contributed by atoms with van der Waals surface area (Å²) in [5.41, 5.74) is 8.13. The first-order valence-electron chi connectivity index (χ1n) is 11.1. The topological polar surface area (TPSA) is 71.4 Å². The summed E-state index contributed by atoms with van der Waals surface area (Å²) in [4.78, 5) is 4.83. The van der Waals surface area contributed by atoms with E-state index < -0.39 is 11.3 Å². The van der Waals surface area contributed by atoms with Crippen molar-refractivity contribution in [3.63, 3.8) is 0 Å². The van der Waals surface area contributed by atoms with Gasteiger partial charge in [-0.3, -0.25) is 9.82 Å². The zero-order valence-corrected chi connectivity index (χ0v) is 20.1. The molecule has 2 heterocycles. The fourth-order valence-electron chi connectivity index (χ4n) is 3.95. The van der Waals surface area contributed by atoms with Crippen molar-refractivity contribution in [1.82, 2.24) is 14.6 Å². The Balaban J connectivity index is 1.34. The van der Waals surface area contributed by atoms with Crippen LogP contribution in [0.3, 0.4) is 0 Å². The summed E-state index contributed by atoms with van der Waals surface area (Å²) < 4.78 is 23.1. The molecule has 1 unspecified atom stereocenters. The molecule has 0 aliphatic carbocycles. The maximum absolute atomic E-state index is 12.6. The van der Waals surface area contributed by atoms with Crippen LogP contribution >= 0.6 is 0 Å². The van der Waals surface area contributed by atoms with Crippen LogP contribution in [0, 0.1) is 20.8 Å². The first-order chi connectivity index (χ1) is 16.5. The fourth-order valence-corrected chi connectivity index (χ4v) is 4.66. The van der Waals surface area contributed by atoms with Crippen LogP contribution in [0.2, 0.25) is 0 Å². The third kappa shape index (κ3) is 4.61. The van der Waals surface area contributed by atoms with Crippen molar-refractivity contribution >= 4 is 22.6 Å². The van der Waals surface area contributed by atoms with Gasteiger partial charge < -0.3 is 4.18 Å². The Morgan fingerprint density at radius 1 is 1.00 bits per heavy atom. The number of nitrogens with one attached hydrogen (secondary N) is 2. The molecular weight excluding hydrogens is 444 g/mol. The van der Waals surface area contributed by atoms with Crippen molar-refractivity contribution in [2.45, 2.75) is 27.2 Å². The van der Waals surface area contributed by atoms with Crippen LogP contribution in [0.15, 0.2) is 79.0 Å². The van der Waals surface area contributed by atoms with E-state index in [9.17, 15) is 4.21 Å². The number of aromatic nitrogens is 3. The summed E-state index contributed by atoms with van der Waals surface area (Å²) >= 11 is -1.72. The van der Waals surface area contributed by atoms with Gasteiger partial charge in [0.25, 0.3) is 0 Å². The summed E-state index contributed by atoms with van der Waals surface area (Å²) in [5.74, 6) is 1.35. The molecule has 5 rings (SSSR count). The average Bonchev–Trinajstić information content (AvgIpc) is 3.36. The van der Waals surface area contributed by atoms with E-state index in [1.54, 1.807) is 0 Å². The van der Waals surface area contributed by atoms with E-state index in [0.29, 0.717) is 11.4 Å². The Morgan fingerprint density at radius 3 is 2.62 bits per heavy atom. The molecule has 0 aliphatic heterocycles. The van der Waals surface area contributed by atoms with Gasteiger partial charge in [0, 0.05) is 11.8 Å². The van der Waals surface area contributed by atoms with Crippen LogP contribution in [0.5, 0.6) is 5.75 Å². The lowest BCUT2D eigenvalue weighted by atomic mass is 10.0. The van der Waals surface area contributed by atoms with Crippen LogP contribution in [0.1, 0.15) is 27.8 Å². The normalized spacial score (nSPS) is 12.1. The van der Waals surface area contributed by atoms with Gasteiger partial charge in [0.1, 0.15) is 5.75 Å². The van der Waals surface area contributed by atoms with Crippen LogP contribution in [-0.2, 0) is 17.7 Å². The number of benzene rings is 3. The molecule has 2 aromatic heterocycles. The lowest BCUT2D eigenvalue weighted by Gasteiger charge is -2.10. The molecule has 0 amide bonds. The summed E-state index contributed by atoms with van der Waals surface area (Å²) in [5, 5.41) is 3.36. The van der Waals surface area contributed by atoms with Gasteiger partial charge in [-0.05, 0) is 73.2 Å². The van der Waals surface area contributed by atoms with Gasteiger partial charge in [-0.25, -0.2) is 9.50 Å². The van der Waals surface area contributed by atoms with Crippen molar-refractivity contribution in [1.29, 1.82) is 0 Å². The van der Waals surface area contributed by atoms with E-state index in [-0.39, 0.29) is 0 Å². The summed E-state index contributed by atoms with van der Waals surface area (Å²) in [6.45, 7) is 6.01. The van der Waals surface area contributed by atoms with Crippen LogP contribution in [0.4, 0.5) is 5.69 Å². The molecule has 5 aromatic rings. The maximum Gasteiger partial charge on any atom is 0.316 e. The number of aromatic amines is 1. The second-order valence-electron chi connectivity index (χ2n) is 8.48. The van der Waals surface area contributed by atoms with Gasteiger partial charge in [-0.15, -0.1) is 0 Å². The third-order valence-corrected chi connectivity index (χ3v) is 6.59. The summed E-state index contributed by atoms with van der Waals surface area (Å²) in [6, 6.07) is 23.9. The number of anilines is 1. The van der Waals surface area contributed by atoms with Crippen LogP contribution in [0.25, 0.3) is 17.0 Å². The van der Waals surface area contributed by atoms with Gasteiger partial charge in [-0.1, -0.05) is 54.6 Å². The number of nitrogens with zero attached hydrogens (tertiary/aromatic N) is 2. The lowest BCUT2D eigenvalue weighted by molar-refractivity contribution is 0.563. The van der Waals surface area contributed by atoms with Crippen LogP contribution in [-0.4, -0.2) is 18.8 Å². The Bertz CT molecular complexity index is 1490. The molecule has 0 fully saturated rings. The Kier molecular flexibility index (Phi) is 5.94. The van der Waals surface area contributed by atoms with Gasteiger partial charge in [0.05, 0.1) is 5.69 Å². The minimum Gasteiger partial charge on any atom is -0.385 e. The molecular formula is C27H26N4O2S. The Morgan fingerprint density at radius 2 is 1.82 bits per heavy atom. The zero-order valence-electron chi connectivity index (χ0n) is 19.3. The lowest BCUT2D eigenvalue weighted by Crippen LogP contribution is -2.11. The number of H-pyrrole nitrogens is 1. The molecule has 172 valence electrons. The van der Waals surface area contributed by atoms with Gasteiger partial charge in [0.2, 0.25) is 0 Å². The van der Waals surface area contributed by atoms with Crippen molar-refractivity contribution < 1.29 is 8.39 Å². The van der Waals surface area contributed by atoms with E-state index in [1.165, 1.54) is 11.1 Å². The number of fused-ring (bicyclic) bond motifs is 1. The molecule has 0 aliphatic rings. The number of aryl methyl sites for hydroxylation is 3. The zero-order chi connectivity index (χ0) is 23.7. The third-order valence-electron chi connectivity index (χ3n) is 5.86. The minimum atomic E-state index is -1.72. The molecule has 34 heavy (non-hydrogen) atoms. The Hall–Kier alpha value is -3.84. The molecule has 7 heteroatoms. The van der Waals surface area contributed by atoms with E-state index in [2.05, 4.69) is 47.2 Å². The standard InChI is InChI=1S/C27H26N4O2S/c1-18-12-13-19(2)25(14-18)33-34(32)30-24-11-7-10-22(16-24)26-28-27-20(3)23(17-31(27)29-26)15-21-8-5-4-6-9-21/h4-14,16-17,30H,15H2,1-3H3,(H,28,29). The fraction of sp³-hybridized carbons (Fsp3) is 0.148. The molecule has 3 aromatic carbocycles. The highest BCUT2D eigenvalue weighted by molar-refractivity contribution is 7.81. The number of rotatable bonds is 7. The number of hydrogen-bond acceptors (Lipinski definition) is 3. The highest BCUT2D eigenvalue weighted by Crippen LogP contribution is 2.26. The molecule has 2 N–H and O–H groups in total. The molecule has 6 nitrogen and oxygen atoms in total. The van der Waals surface area contributed by atoms with Gasteiger partial charge in [0.15, 0.2) is 11.5 Å². The van der Waals surface area contributed by atoms with Crippen molar-refractivity contribution in [2.75, 3.05) is 4.72 Å². The second kappa shape index (κ2) is 9.19. The van der Waals surface area contributed by atoms with Gasteiger partial charge >= 0.3 is 11.3 Å². The molecule has 0 radical (unpaired) electrons. The first-order valence-corrected chi connectivity index (χ1v) is 12.2. The largest absolute Gasteiger partial charge is 0.385 e. The van der Waals surface area contributed by atoms with Crippen molar-refractivity contribution in [3.05, 3.63) is 107 Å². The molecule has 1 atom stereocenters. The predicted molar refractivity (Wildman–Crippen MR) is 137 cm³/mol. The van der Waals surface area contributed by atoms with E-state index in [0.717, 1.165) is 40.1 Å². The highest BCUT2D eigenvalue weighted by Gasteiger charge is 2.14. The highest BCUT2D eigenvalue weighted by atomic mass is 32.2. The quantitative estimate of drug-likeness (QED) is 0.310. The number of hydrogen-bond donors (Lipinski definition) is 2. The smallest absolute Gasteiger partial charge is 0.316 e. The Labute approximate surface area is 201 Å². The summed E-state index contributed by atoms with van der Waals surface area (Å²) in [7, 11) is 0. The van der Waals surface area contributed by atoms with Gasteiger partial charge in [-0.2, -0.15) is 4.21 Å². The second-order valence-corrected chi connectivity index (χ2v) is 9.32. The maximum atomic E-state index is 12.6. The monoisotopic (exact) mass is 470 g/mol. The van der Waals surface area contributed by atoms with E-state index >= 15 is 0 Å².